The van der Waals surface area contributed by atoms with Crippen molar-refractivity contribution >= 4 is 31.7 Å². The van der Waals surface area contributed by atoms with Crippen LogP contribution in [-0.2, 0) is 14.6 Å². The van der Waals surface area contributed by atoms with Crippen LogP contribution in [0.3, 0.4) is 0 Å². The van der Waals surface area contributed by atoms with Gasteiger partial charge >= 0.3 is 5.97 Å². The van der Waals surface area contributed by atoms with E-state index in [1.807, 2.05) is 0 Å². The van der Waals surface area contributed by atoms with Crippen molar-refractivity contribution in [1.29, 1.82) is 0 Å². The van der Waals surface area contributed by atoms with Crippen molar-refractivity contribution in [3.05, 3.63) is 28.2 Å². The van der Waals surface area contributed by atoms with Crippen molar-refractivity contribution in [2.45, 2.75) is 17.7 Å². The number of benzene rings is 1. The van der Waals surface area contributed by atoms with Crippen molar-refractivity contribution in [2.24, 2.45) is 0 Å². The highest BCUT2D eigenvalue weighted by molar-refractivity contribution is 9.10. The van der Waals surface area contributed by atoms with Crippen LogP contribution in [0.1, 0.15) is 18.4 Å². The Hall–Kier alpha value is -0.880. The molecule has 1 aromatic rings. The first-order valence-electron chi connectivity index (χ1n) is 4.46. The summed E-state index contributed by atoms with van der Waals surface area (Å²) in [4.78, 5) is 10.9. The van der Waals surface area contributed by atoms with Gasteiger partial charge in [0.2, 0.25) is 0 Å². The summed E-state index contributed by atoms with van der Waals surface area (Å²) in [6.45, 7) is 1.46. The van der Waals surface area contributed by atoms with E-state index in [0.29, 0.717) is 10.0 Å². The van der Waals surface area contributed by atoms with E-state index in [9.17, 15) is 13.2 Å². The lowest BCUT2D eigenvalue weighted by Crippen LogP contribution is -2.12. The summed E-state index contributed by atoms with van der Waals surface area (Å²) in [6.07, 6.45) is 1.06. The third-order valence-corrected chi connectivity index (χ3v) is 3.87. The van der Waals surface area contributed by atoms with Crippen LogP contribution < -0.4 is 0 Å². The molecule has 0 spiro atoms. The molecule has 0 aliphatic heterocycles. The van der Waals surface area contributed by atoms with Gasteiger partial charge in [0, 0.05) is 10.7 Å². The fraction of sp³-hybridized carbons (Fsp3) is 0.300. The van der Waals surface area contributed by atoms with E-state index in [-0.39, 0.29) is 4.90 Å². The number of rotatable bonds is 3. The molecule has 16 heavy (non-hydrogen) atoms. The van der Waals surface area contributed by atoms with E-state index in [0.717, 1.165) is 6.26 Å². The van der Waals surface area contributed by atoms with Gasteiger partial charge in [-0.25, -0.2) is 8.42 Å². The van der Waals surface area contributed by atoms with Gasteiger partial charge in [0.1, 0.15) is 0 Å². The highest BCUT2D eigenvalue weighted by Crippen LogP contribution is 2.27. The second kappa shape index (κ2) is 4.55. The third-order valence-electron chi connectivity index (χ3n) is 2.21. The Kier molecular flexibility index (Phi) is 3.75. The number of carboxylic acids is 1. The predicted molar refractivity (Wildman–Crippen MR) is 63.3 cm³/mol. The smallest absolute Gasteiger partial charge is 0.310 e. The van der Waals surface area contributed by atoms with Gasteiger partial charge in [-0.1, -0.05) is 15.9 Å². The first kappa shape index (κ1) is 13.2. The second-order valence-electron chi connectivity index (χ2n) is 3.51. The number of hydrogen-bond donors (Lipinski definition) is 1. The van der Waals surface area contributed by atoms with E-state index in [1.165, 1.54) is 19.1 Å². The Morgan fingerprint density at radius 2 is 2.00 bits per heavy atom. The average molecular weight is 307 g/mol. The zero-order chi connectivity index (χ0) is 12.5. The summed E-state index contributed by atoms with van der Waals surface area (Å²) in [7, 11) is -3.41. The molecule has 0 aliphatic rings. The Bertz CT molecular complexity index is 522. The molecule has 6 heteroatoms. The van der Waals surface area contributed by atoms with Gasteiger partial charge in [-0.15, -0.1) is 0 Å². The summed E-state index contributed by atoms with van der Waals surface area (Å²) in [5.74, 6) is -1.91. The average Bonchev–Trinajstić information content (AvgIpc) is 2.14. The number of sulfone groups is 1. The highest BCUT2D eigenvalue weighted by Gasteiger charge is 2.22. The minimum Gasteiger partial charge on any atom is -0.481 e. The summed E-state index contributed by atoms with van der Waals surface area (Å²) in [6, 6.07) is 4.51. The highest BCUT2D eigenvalue weighted by atomic mass is 79.9. The first-order chi connectivity index (χ1) is 7.23. The number of halogens is 1. The molecule has 4 nitrogen and oxygen atoms in total. The quantitative estimate of drug-likeness (QED) is 0.927. The number of aliphatic carboxylic acids is 1. The molecule has 0 bridgehead atoms. The Morgan fingerprint density at radius 3 is 2.44 bits per heavy atom. The van der Waals surface area contributed by atoms with Crippen molar-refractivity contribution < 1.29 is 18.3 Å². The van der Waals surface area contributed by atoms with Crippen molar-refractivity contribution in [3.8, 4) is 0 Å². The van der Waals surface area contributed by atoms with Crippen molar-refractivity contribution in [2.75, 3.05) is 6.26 Å². The fourth-order valence-electron chi connectivity index (χ4n) is 1.33. The molecular weight excluding hydrogens is 296 g/mol. The summed E-state index contributed by atoms with van der Waals surface area (Å²) < 4.78 is 23.6. The van der Waals surface area contributed by atoms with Crippen molar-refractivity contribution in [3.63, 3.8) is 0 Å². The zero-order valence-electron chi connectivity index (χ0n) is 8.77. The molecule has 1 rings (SSSR count). The lowest BCUT2D eigenvalue weighted by Gasteiger charge is -2.12. The van der Waals surface area contributed by atoms with Gasteiger partial charge < -0.3 is 5.11 Å². The van der Waals surface area contributed by atoms with Crippen LogP contribution in [0, 0.1) is 0 Å². The van der Waals surface area contributed by atoms with Crippen LogP contribution in [0.25, 0.3) is 0 Å². The standard InChI is InChI=1S/C10H11BrO4S/c1-6(10(12)13)8-5-7(11)3-4-9(8)16(2,14)15/h3-6H,1-2H3,(H,12,13). The molecule has 1 unspecified atom stereocenters. The lowest BCUT2D eigenvalue weighted by molar-refractivity contribution is -0.138. The topological polar surface area (TPSA) is 71.4 Å². The number of hydrogen-bond acceptors (Lipinski definition) is 3. The van der Waals surface area contributed by atoms with Crippen LogP contribution in [0.4, 0.5) is 0 Å². The van der Waals surface area contributed by atoms with Gasteiger partial charge in [0.25, 0.3) is 0 Å². The van der Waals surface area contributed by atoms with Crippen LogP contribution in [0.5, 0.6) is 0 Å². The second-order valence-corrected chi connectivity index (χ2v) is 6.41. The molecule has 0 saturated carbocycles. The molecule has 0 aromatic heterocycles. The largest absolute Gasteiger partial charge is 0.481 e. The SMILES string of the molecule is CC(C(=O)O)c1cc(Br)ccc1S(C)(=O)=O. The molecule has 88 valence electrons. The summed E-state index contributed by atoms with van der Waals surface area (Å²) in [5.41, 5.74) is 0.296. The molecule has 0 aliphatic carbocycles. The molecular formula is C10H11BrO4S. The third kappa shape index (κ3) is 2.82. The zero-order valence-corrected chi connectivity index (χ0v) is 11.2. The Labute approximate surface area is 102 Å². The molecule has 0 saturated heterocycles. The maximum Gasteiger partial charge on any atom is 0.310 e. The van der Waals surface area contributed by atoms with Gasteiger partial charge in [-0.2, -0.15) is 0 Å². The van der Waals surface area contributed by atoms with E-state index < -0.39 is 21.7 Å². The monoisotopic (exact) mass is 306 g/mol. The first-order valence-corrected chi connectivity index (χ1v) is 7.14. The molecule has 1 aromatic carbocycles. The van der Waals surface area contributed by atoms with Crippen LogP contribution >= 0.6 is 15.9 Å². The maximum atomic E-state index is 11.5. The minimum absolute atomic E-state index is 0.0607. The number of carbonyl (C=O) groups is 1. The van der Waals surface area contributed by atoms with E-state index in [4.69, 9.17) is 5.11 Å². The van der Waals surface area contributed by atoms with E-state index in [1.54, 1.807) is 6.07 Å². The normalized spacial score (nSPS) is 13.4. The van der Waals surface area contributed by atoms with Crippen LogP contribution in [0.2, 0.25) is 0 Å². The molecule has 0 radical (unpaired) electrons. The van der Waals surface area contributed by atoms with Gasteiger partial charge in [-0.05, 0) is 30.7 Å². The Morgan fingerprint density at radius 1 is 1.44 bits per heavy atom. The molecule has 0 heterocycles. The summed E-state index contributed by atoms with van der Waals surface area (Å²) >= 11 is 3.19. The van der Waals surface area contributed by atoms with Gasteiger partial charge in [0.05, 0.1) is 10.8 Å². The fourth-order valence-corrected chi connectivity index (χ4v) is 2.69. The molecule has 1 N–H and O–H groups in total. The minimum atomic E-state index is -3.41. The predicted octanol–water partition coefficient (Wildman–Crippen LogP) is 2.04. The number of carboxylic acid groups (broad SMARTS) is 1. The molecule has 0 fully saturated rings. The molecule has 0 amide bonds. The van der Waals surface area contributed by atoms with Crippen LogP contribution in [0.15, 0.2) is 27.6 Å². The molecule has 1 atom stereocenters. The summed E-state index contributed by atoms with van der Waals surface area (Å²) in [5, 5.41) is 8.91. The van der Waals surface area contributed by atoms with Gasteiger partial charge in [-0.3, -0.25) is 4.79 Å². The lowest BCUT2D eigenvalue weighted by atomic mass is 10.0. The van der Waals surface area contributed by atoms with E-state index in [2.05, 4.69) is 15.9 Å². The maximum absolute atomic E-state index is 11.5. The van der Waals surface area contributed by atoms with E-state index >= 15 is 0 Å². The van der Waals surface area contributed by atoms with Crippen molar-refractivity contribution in [1.82, 2.24) is 0 Å². The van der Waals surface area contributed by atoms with Gasteiger partial charge in [0.15, 0.2) is 9.84 Å². The van der Waals surface area contributed by atoms with Crippen LogP contribution in [-0.4, -0.2) is 25.7 Å². The Balaban J connectivity index is 3.47.